The fourth-order valence-corrected chi connectivity index (χ4v) is 3.39. The summed E-state index contributed by atoms with van der Waals surface area (Å²) >= 11 is 0. The Balaban J connectivity index is 1.69. The summed E-state index contributed by atoms with van der Waals surface area (Å²) in [6, 6.07) is 2.00. The van der Waals surface area contributed by atoms with Crippen LogP contribution in [0.5, 0.6) is 5.75 Å². The maximum atomic E-state index is 12.8. The number of carbonyl (C=O) groups excluding carboxylic acids is 1. The second-order valence-electron chi connectivity index (χ2n) is 6.59. The van der Waals surface area contributed by atoms with Crippen LogP contribution in [0.15, 0.2) is 12.3 Å². The minimum absolute atomic E-state index is 0.0115. The highest BCUT2D eigenvalue weighted by atomic mass is 16.5. The van der Waals surface area contributed by atoms with Crippen LogP contribution < -0.4 is 4.74 Å². The minimum atomic E-state index is -0.341. The second-order valence-corrected chi connectivity index (χ2v) is 6.59. The third kappa shape index (κ3) is 3.64. The fourth-order valence-electron chi connectivity index (χ4n) is 3.39. The topological polar surface area (TPSA) is 65.9 Å². The molecule has 1 N–H and O–H groups in total. The van der Waals surface area contributed by atoms with Crippen molar-refractivity contribution in [2.45, 2.75) is 38.8 Å². The molecule has 1 fully saturated rings. The van der Waals surface area contributed by atoms with Gasteiger partial charge in [0.05, 0.1) is 18.9 Å². The van der Waals surface area contributed by atoms with Crippen LogP contribution in [-0.2, 0) is 6.42 Å². The summed E-state index contributed by atoms with van der Waals surface area (Å²) in [5, 5.41) is 9.51. The number of rotatable bonds is 3. The number of pyridine rings is 1. The van der Waals surface area contributed by atoms with Crippen molar-refractivity contribution in [1.82, 2.24) is 14.8 Å². The van der Waals surface area contributed by atoms with E-state index in [2.05, 4.69) is 9.88 Å². The number of piperazine rings is 1. The molecule has 2 aliphatic rings. The Morgan fingerprint density at radius 3 is 3.09 bits per heavy atom. The van der Waals surface area contributed by atoms with Crippen LogP contribution >= 0.6 is 0 Å². The third-order valence-corrected chi connectivity index (χ3v) is 4.51. The van der Waals surface area contributed by atoms with Gasteiger partial charge in [0.25, 0.3) is 5.91 Å². The summed E-state index contributed by atoms with van der Waals surface area (Å²) < 4.78 is 5.56. The van der Waals surface area contributed by atoms with E-state index in [0.717, 1.165) is 43.9 Å². The lowest BCUT2D eigenvalue weighted by Crippen LogP contribution is -2.55. The molecule has 2 atom stereocenters. The molecule has 23 heavy (non-hydrogen) atoms. The maximum Gasteiger partial charge on any atom is 0.272 e. The molecule has 6 heteroatoms. The molecular formula is C17H25N3O3. The molecule has 0 bridgehead atoms. The molecule has 2 aliphatic heterocycles. The van der Waals surface area contributed by atoms with Gasteiger partial charge >= 0.3 is 0 Å². The number of fused-ring (bicyclic) bond motifs is 1. The molecule has 0 saturated carbocycles. The van der Waals surface area contributed by atoms with Crippen LogP contribution in [0.2, 0.25) is 0 Å². The van der Waals surface area contributed by atoms with Crippen molar-refractivity contribution in [2.24, 2.45) is 0 Å². The Hall–Kier alpha value is -1.66. The number of aliphatic hydroxyl groups excluding tert-OH is 1. The van der Waals surface area contributed by atoms with Crippen molar-refractivity contribution < 1.29 is 14.6 Å². The Bertz CT molecular complexity index is 576. The molecule has 1 saturated heterocycles. The molecule has 1 amide bonds. The first-order valence-electron chi connectivity index (χ1n) is 8.37. The van der Waals surface area contributed by atoms with Crippen molar-refractivity contribution >= 4 is 5.91 Å². The number of hydrogen-bond acceptors (Lipinski definition) is 5. The van der Waals surface area contributed by atoms with Gasteiger partial charge in [0, 0.05) is 32.2 Å². The van der Waals surface area contributed by atoms with Crippen molar-refractivity contribution in [3.63, 3.8) is 0 Å². The van der Waals surface area contributed by atoms with Gasteiger partial charge in [-0.2, -0.15) is 0 Å². The number of β-amino-alcohol motifs (C(OH)–C–C–N with tert-alkyl or cyclic N) is 1. The second kappa shape index (κ2) is 6.84. The largest absolute Gasteiger partial charge is 0.492 e. The predicted octanol–water partition coefficient (Wildman–Crippen LogP) is 0.934. The number of aryl methyl sites for hydroxylation is 1. The zero-order valence-corrected chi connectivity index (χ0v) is 13.9. The first-order chi connectivity index (χ1) is 11.0. The SMILES string of the molecule is C[C@H](O)CN1CCN(C(=O)c2cc3c(cn2)OCCC3)[C@H](C)C1. The number of aliphatic hydroxyl groups is 1. The zero-order valence-electron chi connectivity index (χ0n) is 13.9. The summed E-state index contributed by atoms with van der Waals surface area (Å²) in [5.41, 5.74) is 1.58. The van der Waals surface area contributed by atoms with Gasteiger partial charge in [0.1, 0.15) is 11.4 Å². The van der Waals surface area contributed by atoms with Crippen LogP contribution in [0.25, 0.3) is 0 Å². The van der Waals surface area contributed by atoms with Crippen LogP contribution in [0, 0.1) is 0 Å². The quantitative estimate of drug-likeness (QED) is 0.898. The van der Waals surface area contributed by atoms with Crippen molar-refractivity contribution in [2.75, 3.05) is 32.8 Å². The minimum Gasteiger partial charge on any atom is -0.492 e. The summed E-state index contributed by atoms with van der Waals surface area (Å²) in [6.07, 6.45) is 3.26. The third-order valence-electron chi connectivity index (χ3n) is 4.51. The number of ether oxygens (including phenoxy) is 1. The van der Waals surface area contributed by atoms with Crippen LogP contribution in [0.3, 0.4) is 0 Å². The smallest absolute Gasteiger partial charge is 0.272 e. The van der Waals surface area contributed by atoms with Gasteiger partial charge in [-0.1, -0.05) is 0 Å². The Labute approximate surface area is 137 Å². The van der Waals surface area contributed by atoms with Gasteiger partial charge in [-0.3, -0.25) is 9.69 Å². The average molecular weight is 319 g/mol. The number of amides is 1. The standard InChI is InChI=1S/C17H25N3O3/c1-12-10-19(11-13(2)21)5-6-20(12)17(22)15-8-14-4-3-7-23-16(14)9-18-15/h8-9,12-13,21H,3-7,10-11H2,1-2H3/t12-,13+/m1/s1. The highest BCUT2D eigenvalue weighted by molar-refractivity contribution is 5.93. The van der Waals surface area contributed by atoms with E-state index in [0.29, 0.717) is 18.8 Å². The molecule has 3 rings (SSSR count). The summed E-state index contributed by atoms with van der Waals surface area (Å²) in [5.74, 6) is 0.796. The number of aromatic nitrogens is 1. The molecule has 0 unspecified atom stereocenters. The van der Waals surface area contributed by atoms with Crippen LogP contribution in [0.1, 0.15) is 36.3 Å². The molecule has 6 nitrogen and oxygen atoms in total. The van der Waals surface area contributed by atoms with Gasteiger partial charge in [-0.15, -0.1) is 0 Å². The van der Waals surface area contributed by atoms with Gasteiger partial charge in [-0.25, -0.2) is 4.98 Å². The van der Waals surface area contributed by atoms with Gasteiger partial charge in [0.15, 0.2) is 0 Å². The molecule has 0 aromatic carbocycles. The highest BCUT2D eigenvalue weighted by Crippen LogP contribution is 2.25. The normalized spacial score (nSPS) is 23.1. The molecule has 0 aliphatic carbocycles. The van der Waals surface area contributed by atoms with Crippen LogP contribution in [-0.4, -0.2) is 70.7 Å². The van der Waals surface area contributed by atoms with E-state index in [1.807, 2.05) is 17.9 Å². The van der Waals surface area contributed by atoms with E-state index in [1.54, 1.807) is 13.1 Å². The van der Waals surface area contributed by atoms with Crippen molar-refractivity contribution in [3.05, 3.63) is 23.5 Å². The van der Waals surface area contributed by atoms with Gasteiger partial charge in [0.2, 0.25) is 0 Å². The number of hydrogen-bond donors (Lipinski definition) is 1. The lowest BCUT2D eigenvalue weighted by atomic mass is 10.1. The van der Waals surface area contributed by atoms with E-state index in [1.165, 1.54) is 0 Å². The maximum absolute atomic E-state index is 12.8. The molecule has 3 heterocycles. The summed E-state index contributed by atoms with van der Waals surface area (Å²) in [6.45, 7) is 7.46. The Kier molecular flexibility index (Phi) is 4.82. The van der Waals surface area contributed by atoms with Crippen molar-refractivity contribution in [3.8, 4) is 5.75 Å². The summed E-state index contributed by atoms with van der Waals surface area (Å²) in [7, 11) is 0. The van der Waals surface area contributed by atoms with E-state index < -0.39 is 0 Å². The molecule has 1 aromatic rings. The van der Waals surface area contributed by atoms with Gasteiger partial charge in [-0.05, 0) is 38.3 Å². The van der Waals surface area contributed by atoms with E-state index in [-0.39, 0.29) is 18.1 Å². The molecular weight excluding hydrogens is 294 g/mol. The van der Waals surface area contributed by atoms with Crippen LogP contribution in [0.4, 0.5) is 0 Å². The molecule has 126 valence electrons. The Morgan fingerprint density at radius 2 is 2.35 bits per heavy atom. The van der Waals surface area contributed by atoms with Gasteiger partial charge < -0.3 is 14.7 Å². The van der Waals surface area contributed by atoms with E-state index in [4.69, 9.17) is 4.74 Å². The van der Waals surface area contributed by atoms with E-state index >= 15 is 0 Å². The predicted molar refractivity (Wildman–Crippen MR) is 86.7 cm³/mol. The summed E-state index contributed by atoms with van der Waals surface area (Å²) in [4.78, 5) is 21.2. The lowest BCUT2D eigenvalue weighted by Gasteiger charge is -2.40. The van der Waals surface area contributed by atoms with Crippen molar-refractivity contribution in [1.29, 1.82) is 0 Å². The Morgan fingerprint density at radius 1 is 1.52 bits per heavy atom. The first-order valence-corrected chi connectivity index (χ1v) is 8.37. The molecule has 1 aromatic heterocycles. The molecule has 0 radical (unpaired) electrons. The monoisotopic (exact) mass is 319 g/mol. The zero-order chi connectivity index (χ0) is 16.4. The fraction of sp³-hybridized carbons (Fsp3) is 0.647. The molecule has 0 spiro atoms. The first kappa shape index (κ1) is 16.2. The highest BCUT2D eigenvalue weighted by Gasteiger charge is 2.29. The number of carbonyl (C=O) groups is 1. The average Bonchev–Trinajstić information content (AvgIpc) is 2.53. The van der Waals surface area contributed by atoms with E-state index in [9.17, 15) is 9.90 Å². The number of nitrogens with zero attached hydrogens (tertiary/aromatic N) is 3. The lowest BCUT2D eigenvalue weighted by molar-refractivity contribution is 0.0378.